The van der Waals surface area contributed by atoms with Gasteiger partial charge in [0.25, 0.3) is 0 Å². The molecule has 1 nitrogen and oxygen atoms in total. The Bertz CT molecular complexity index is 146. The third kappa shape index (κ3) is 0.413. The second kappa shape index (κ2) is 1.09. The van der Waals surface area contributed by atoms with Crippen LogP contribution in [0.5, 0.6) is 0 Å². The summed E-state index contributed by atoms with van der Waals surface area (Å²) in [5.41, 5.74) is -0.0694. The first kappa shape index (κ1) is 4.40. The van der Waals surface area contributed by atoms with Gasteiger partial charge in [0, 0.05) is 5.92 Å². The lowest BCUT2D eigenvalue weighted by atomic mass is 10.1. The minimum absolute atomic E-state index is 0.0694. The molecule has 8 heavy (non-hydrogen) atoms. The Balaban J connectivity index is 2.12. The smallest absolute Gasteiger partial charge is 0.154 e. The zero-order valence-corrected chi connectivity index (χ0v) is 4.68. The fourth-order valence-corrected chi connectivity index (χ4v) is 1.06. The fraction of sp³-hybridized carbons (Fsp3) is 0.714. The van der Waals surface area contributed by atoms with Crippen molar-refractivity contribution in [3.63, 3.8) is 0 Å². The van der Waals surface area contributed by atoms with Gasteiger partial charge in [-0.1, -0.05) is 5.92 Å². The molecule has 1 aliphatic heterocycles. The Morgan fingerprint density at radius 1 is 1.62 bits per heavy atom. The van der Waals surface area contributed by atoms with Crippen molar-refractivity contribution >= 4 is 0 Å². The van der Waals surface area contributed by atoms with E-state index in [-0.39, 0.29) is 5.60 Å². The topological polar surface area (TPSA) is 12.5 Å². The Morgan fingerprint density at radius 3 is 2.38 bits per heavy atom. The molecule has 1 saturated heterocycles. The highest BCUT2D eigenvalue weighted by Crippen LogP contribution is 2.48. The van der Waals surface area contributed by atoms with Crippen molar-refractivity contribution in [1.82, 2.24) is 0 Å². The lowest BCUT2D eigenvalue weighted by Crippen LogP contribution is -2.08. The van der Waals surface area contributed by atoms with Crippen LogP contribution in [0.25, 0.3) is 0 Å². The Kier molecular flexibility index (Phi) is 0.598. The van der Waals surface area contributed by atoms with Crippen LogP contribution in [0.15, 0.2) is 0 Å². The summed E-state index contributed by atoms with van der Waals surface area (Å²) in [7, 11) is 0. The normalized spacial score (nSPS) is 43.4. The summed E-state index contributed by atoms with van der Waals surface area (Å²) in [4.78, 5) is 0. The molecule has 0 radical (unpaired) electrons. The first-order valence-electron chi connectivity index (χ1n) is 2.99. The number of terminal acetylenes is 1. The first-order valence-corrected chi connectivity index (χ1v) is 2.99. The summed E-state index contributed by atoms with van der Waals surface area (Å²) < 4.78 is 5.13. The summed E-state index contributed by atoms with van der Waals surface area (Å²) in [5.74, 6) is 3.41. The molecule has 0 bridgehead atoms. The van der Waals surface area contributed by atoms with Crippen LogP contribution < -0.4 is 0 Å². The molecule has 0 aromatic rings. The molecule has 1 heterocycles. The van der Waals surface area contributed by atoms with Crippen LogP contribution in [0.2, 0.25) is 0 Å². The molecule has 1 saturated carbocycles. The molecule has 0 N–H and O–H groups in total. The van der Waals surface area contributed by atoms with E-state index in [0.29, 0.717) is 5.92 Å². The Hall–Kier alpha value is -0.480. The lowest BCUT2D eigenvalue weighted by Gasteiger charge is -1.95. The summed E-state index contributed by atoms with van der Waals surface area (Å²) in [5, 5.41) is 0. The van der Waals surface area contributed by atoms with Crippen LogP contribution in [0.1, 0.15) is 12.8 Å². The molecule has 2 aliphatic rings. The van der Waals surface area contributed by atoms with Gasteiger partial charge in [-0.2, -0.15) is 0 Å². The second-order valence-corrected chi connectivity index (χ2v) is 2.60. The van der Waals surface area contributed by atoms with E-state index < -0.39 is 0 Å². The van der Waals surface area contributed by atoms with Crippen molar-refractivity contribution in [1.29, 1.82) is 0 Å². The minimum Gasteiger partial charge on any atom is -0.356 e. The molecular formula is C7H8O. The molecule has 42 valence electrons. The maximum atomic E-state index is 5.23. The lowest BCUT2D eigenvalue weighted by molar-refractivity contribution is 0.333. The number of ether oxygens (including phenoxy) is 1. The summed E-state index contributed by atoms with van der Waals surface area (Å²) in [6.45, 7) is 0.814. The molecule has 1 unspecified atom stereocenters. The molecule has 2 rings (SSSR count). The van der Waals surface area contributed by atoms with Crippen LogP contribution >= 0.6 is 0 Å². The van der Waals surface area contributed by atoms with E-state index >= 15 is 0 Å². The molecule has 0 aromatic heterocycles. The number of hydrogen-bond donors (Lipinski definition) is 0. The van der Waals surface area contributed by atoms with Gasteiger partial charge in [0.2, 0.25) is 0 Å². The second-order valence-electron chi connectivity index (χ2n) is 2.60. The van der Waals surface area contributed by atoms with Gasteiger partial charge < -0.3 is 4.74 Å². The van der Waals surface area contributed by atoms with E-state index in [2.05, 4.69) is 5.92 Å². The first-order chi connectivity index (χ1) is 3.87. The van der Waals surface area contributed by atoms with E-state index in [9.17, 15) is 0 Å². The van der Waals surface area contributed by atoms with Gasteiger partial charge in [-0.3, -0.25) is 0 Å². The Morgan fingerprint density at radius 2 is 2.25 bits per heavy atom. The molecule has 2 fully saturated rings. The fourth-order valence-electron chi connectivity index (χ4n) is 1.06. The van der Waals surface area contributed by atoms with E-state index in [4.69, 9.17) is 11.2 Å². The third-order valence-corrected chi connectivity index (χ3v) is 1.94. The highest BCUT2D eigenvalue weighted by atomic mass is 16.6. The average Bonchev–Trinajstić information content (AvgIpc) is 2.63. The van der Waals surface area contributed by atoms with E-state index in [1.165, 1.54) is 12.8 Å². The maximum Gasteiger partial charge on any atom is 0.154 e. The predicted octanol–water partition coefficient (Wildman–Crippen LogP) is 0.799. The highest BCUT2D eigenvalue weighted by molar-refractivity contribution is 5.22. The number of hydrogen-bond acceptors (Lipinski definition) is 1. The van der Waals surface area contributed by atoms with Crippen LogP contribution in [-0.2, 0) is 4.74 Å². The number of epoxide rings is 1. The maximum absolute atomic E-state index is 5.23. The van der Waals surface area contributed by atoms with Crippen molar-refractivity contribution < 1.29 is 4.74 Å². The molecule has 1 aliphatic carbocycles. The van der Waals surface area contributed by atoms with Crippen molar-refractivity contribution in [2.45, 2.75) is 18.4 Å². The van der Waals surface area contributed by atoms with Crippen LogP contribution in [0.3, 0.4) is 0 Å². The van der Waals surface area contributed by atoms with Crippen LogP contribution in [0, 0.1) is 18.3 Å². The summed E-state index contributed by atoms with van der Waals surface area (Å²) >= 11 is 0. The average molecular weight is 108 g/mol. The largest absolute Gasteiger partial charge is 0.356 e. The van der Waals surface area contributed by atoms with Crippen LogP contribution in [0.4, 0.5) is 0 Å². The molecule has 0 aromatic carbocycles. The van der Waals surface area contributed by atoms with Gasteiger partial charge in [0.15, 0.2) is 5.60 Å². The quantitative estimate of drug-likeness (QED) is 0.357. The molecule has 1 atom stereocenters. The van der Waals surface area contributed by atoms with E-state index in [1.54, 1.807) is 0 Å². The van der Waals surface area contributed by atoms with Crippen molar-refractivity contribution in [3.05, 3.63) is 0 Å². The summed E-state index contributed by atoms with van der Waals surface area (Å²) in [6.07, 6.45) is 7.80. The van der Waals surface area contributed by atoms with Gasteiger partial charge >= 0.3 is 0 Å². The highest BCUT2D eigenvalue weighted by Gasteiger charge is 2.54. The van der Waals surface area contributed by atoms with Crippen molar-refractivity contribution in [2.75, 3.05) is 6.61 Å². The third-order valence-electron chi connectivity index (χ3n) is 1.94. The van der Waals surface area contributed by atoms with Crippen molar-refractivity contribution in [2.24, 2.45) is 5.92 Å². The van der Waals surface area contributed by atoms with Gasteiger partial charge in [-0.15, -0.1) is 6.42 Å². The monoisotopic (exact) mass is 108 g/mol. The molecule has 1 heteroatoms. The minimum atomic E-state index is -0.0694. The standard InChI is InChI=1S/C7H8O/c1-2-7(5-8-7)6-3-4-6/h1,6H,3-5H2. The van der Waals surface area contributed by atoms with E-state index in [0.717, 1.165) is 6.61 Å². The molecule has 0 amide bonds. The van der Waals surface area contributed by atoms with Gasteiger partial charge in [-0.25, -0.2) is 0 Å². The molecule has 0 spiro atoms. The van der Waals surface area contributed by atoms with Gasteiger partial charge in [0.05, 0.1) is 6.61 Å². The van der Waals surface area contributed by atoms with Crippen LogP contribution in [-0.4, -0.2) is 12.2 Å². The zero-order chi connectivity index (χ0) is 5.61. The van der Waals surface area contributed by atoms with Gasteiger partial charge in [0.1, 0.15) is 0 Å². The van der Waals surface area contributed by atoms with E-state index in [1.807, 2.05) is 0 Å². The Labute approximate surface area is 49.0 Å². The number of rotatable bonds is 1. The SMILES string of the molecule is C#CC1(C2CC2)CO1. The van der Waals surface area contributed by atoms with Gasteiger partial charge in [-0.05, 0) is 12.8 Å². The van der Waals surface area contributed by atoms with Crippen molar-refractivity contribution in [3.8, 4) is 12.3 Å². The summed E-state index contributed by atoms with van der Waals surface area (Å²) in [6, 6.07) is 0. The molecular weight excluding hydrogens is 100 g/mol. The predicted molar refractivity (Wildman–Crippen MR) is 30.2 cm³/mol. The zero-order valence-electron chi connectivity index (χ0n) is 4.68.